The minimum Gasteiger partial charge on any atom is -0.383 e. The van der Waals surface area contributed by atoms with E-state index < -0.39 is 17.6 Å². The molecule has 1 amide bonds. The van der Waals surface area contributed by atoms with Gasteiger partial charge in [-0.05, 0) is 50.6 Å². The van der Waals surface area contributed by atoms with Crippen molar-refractivity contribution < 1.29 is 27.3 Å². The van der Waals surface area contributed by atoms with Gasteiger partial charge < -0.3 is 15.6 Å². The number of carbonyl (C=O) groups is 2. The molecule has 0 saturated carbocycles. The molecule has 3 N–H and O–H groups in total. The van der Waals surface area contributed by atoms with Crippen molar-refractivity contribution >= 4 is 23.2 Å². The van der Waals surface area contributed by atoms with E-state index in [1.165, 1.54) is 31.5 Å². The molecule has 2 aromatic heterocycles. The number of likely N-dealkylation sites (tertiary alicyclic amines) is 1. The van der Waals surface area contributed by atoms with Crippen LogP contribution in [0.15, 0.2) is 35.1 Å². The summed E-state index contributed by atoms with van der Waals surface area (Å²) in [5.74, 6) is -0.918. The van der Waals surface area contributed by atoms with Gasteiger partial charge in [-0.25, -0.2) is 9.97 Å². The highest BCUT2D eigenvalue weighted by Crippen LogP contribution is 2.33. The molecule has 0 radical (unpaired) electrons. The first-order chi connectivity index (χ1) is 17.1. The Hall–Kier alpha value is -3.80. The highest BCUT2D eigenvalue weighted by Gasteiger charge is 2.32. The van der Waals surface area contributed by atoms with Gasteiger partial charge in [0.15, 0.2) is 5.78 Å². The third kappa shape index (κ3) is 5.88. The number of nitrogens with one attached hydrogen (secondary N) is 1. The summed E-state index contributed by atoms with van der Waals surface area (Å²) < 4.78 is 44.4. The second-order valence-electron chi connectivity index (χ2n) is 8.66. The Morgan fingerprint density at radius 1 is 1.17 bits per heavy atom. The molecule has 190 valence electrons. The van der Waals surface area contributed by atoms with Gasteiger partial charge in [-0.15, -0.1) is 0 Å². The van der Waals surface area contributed by atoms with Crippen LogP contribution in [0.3, 0.4) is 0 Å². The summed E-state index contributed by atoms with van der Waals surface area (Å²) in [6, 6.07) is 4.84. The number of nitrogen functional groups attached to an aromatic ring is 1. The first kappa shape index (κ1) is 25.3. The number of hydrogen-bond donors (Lipinski definition) is 2. The highest BCUT2D eigenvalue weighted by molar-refractivity contribution is 6.02. The van der Waals surface area contributed by atoms with Crippen molar-refractivity contribution in [2.45, 2.75) is 45.3 Å². The van der Waals surface area contributed by atoms with Gasteiger partial charge in [0, 0.05) is 36.7 Å². The zero-order valence-electron chi connectivity index (χ0n) is 19.6. The summed E-state index contributed by atoms with van der Waals surface area (Å²) in [7, 11) is 0. The summed E-state index contributed by atoms with van der Waals surface area (Å²) in [6.45, 7) is 3.68. The maximum atomic E-state index is 13.1. The van der Waals surface area contributed by atoms with E-state index in [2.05, 4.69) is 25.3 Å². The maximum Gasteiger partial charge on any atom is 0.416 e. The monoisotopic (exact) mass is 502 g/mol. The molecule has 0 aliphatic carbocycles. The molecule has 0 atom stereocenters. The number of amides is 1. The van der Waals surface area contributed by atoms with Crippen LogP contribution in [0.4, 0.5) is 24.7 Å². The van der Waals surface area contributed by atoms with Gasteiger partial charge in [-0.2, -0.15) is 13.2 Å². The van der Waals surface area contributed by atoms with Crippen molar-refractivity contribution in [3.63, 3.8) is 0 Å². The molecule has 0 spiro atoms. The Balaban J connectivity index is 1.39. The molecule has 3 heterocycles. The van der Waals surface area contributed by atoms with Gasteiger partial charge >= 0.3 is 6.18 Å². The molecule has 12 heteroatoms. The number of nitrogens with two attached hydrogens (primary N) is 1. The van der Waals surface area contributed by atoms with E-state index in [1.54, 1.807) is 0 Å². The van der Waals surface area contributed by atoms with E-state index in [-0.39, 0.29) is 47.1 Å². The largest absolute Gasteiger partial charge is 0.416 e. The topological polar surface area (TPSA) is 127 Å². The fourth-order valence-electron chi connectivity index (χ4n) is 4.08. The van der Waals surface area contributed by atoms with E-state index in [9.17, 15) is 22.8 Å². The molecule has 9 nitrogen and oxygen atoms in total. The molecule has 3 aromatic rings. The van der Waals surface area contributed by atoms with E-state index >= 15 is 0 Å². The molecule has 1 saturated heterocycles. The number of hydrogen-bond acceptors (Lipinski definition) is 8. The fraction of sp³-hybridized carbons (Fsp3) is 0.375. The Morgan fingerprint density at radius 3 is 2.64 bits per heavy atom. The lowest BCUT2D eigenvalue weighted by Gasteiger charge is -2.17. The smallest absolute Gasteiger partial charge is 0.383 e. The number of benzene rings is 1. The van der Waals surface area contributed by atoms with Crippen molar-refractivity contribution in [2.75, 3.05) is 24.1 Å². The molecule has 1 fully saturated rings. The van der Waals surface area contributed by atoms with Crippen LogP contribution in [0.5, 0.6) is 0 Å². The van der Waals surface area contributed by atoms with Crippen LogP contribution in [0.25, 0.3) is 0 Å². The first-order valence-electron chi connectivity index (χ1n) is 11.4. The van der Waals surface area contributed by atoms with Crippen molar-refractivity contribution in [1.82, 2.24) is 20.0 Å². The lowest BCUT2D eigenvalue weighted by atomic mass is 10.1. The summed E-state index contributed by atoms with van der Waals surface area (Å²) in [4.78, 5) is 35.7. The Kier molecular flexibility index (Phi) is 7.34. The summed E-state index contributed by atoms with van der Waals surface area (Å²) in [5, 5.41) is 6.18. The van der Waals surface area contributed by atoms with Crippen LogP contribution >= 0.6 is 0 Å². The number of anilines is 2. The van der Waals surface area contributed by atoms with Crippen LogP contribution in [0.1, 0.15) is 62.7 Å². The number of ketones is 1. The molecular formula is C24H25F3N6O3. The van der Waals surface area contributed by atoms with Gasteiger partial charge in [0.05, 0.1) is 11.3 Å². The zero-order valence-corrected chi connectivity index (χ0v) is 19.6. The summed E-state index contributed by atoms with van der Waals surface area (Å²) >= 11 is 0. The summed E-state index contributed by atoms with van der Waals surface area (Å²) in [5.41, 5.74) is 6.40. The fourth-order valence-corrected chi connectivity index (χ4v) is 4.08. The third-order valence-electron chi connectivity index (χ3n) is 6.02. The number of carbonyl (C=O) groups excluding carboxylic acids is 2. The van der Waals surface area contributed by atoms with Crippen molar-refractivity contribution in [3.8, 4) is 0 Å². The SMILES string of the molecule is Cc1ccc(NC(=O)c2cc(CCC(=O)c3ncnc(N)c3CN3CCCC3)no2)cc1C(F)(F)F. The first-order valence-corrected chi connectivity index (χ1v) is 11.4. The number of Topliss-reactive ketones (excluding diaryl/α,β-unsaturated/α-hetero) is 1. The van der Waals surface area contributed by atoms with Crippen molar-refractivity contribution in [2.24, 2.45) is 0 Å². The Labute approximate surface area is 204 Å². The lowest BCUT2D eigenvalue weighted by Crippen LogP contribution is -2.22. The number of aryl methyl sites for hydroxylation is 2. The standard InChI is InChI=1S/C24H25F3N6O3/c1-14-4-5-15(10-18(14)24(25,26)27)31-23(35)20-11-16(32-36-20)6-7-19(34)21-17(22(28)30-13-29-21)12-33-8-2-3-9-33/h4-5,10-11,13H,2-3,6-9,12H2,1H3,(H,31,35)(H2,28,29,30). The maximum absolute atomic E-state index is 13.1. The quantitative estimate of drug-likeness (QED) is 0.442. The second-order valence-corrected chi connectivity index (χ2v) is 8.66. The molecule has 1 aromatic carbocycles. The number of aromatic nitrogens is 3. The van der Waals surface area contributed by atoms with Crippen molar-refractivity contribution in [3.05, 3.63) is 64.4 Å². The second kappa shape index (κ2) is 10.4. The molecule has 1 aliphatic rings. The number of halogens is 3. The molecule has 36 heavy (non-hydrogen) atoms. The number of nitrogens with zero attached hydrogens (tertiary/aromatic N) is 4. The number of rotatable bonds is 8. The average Bonchev–Trinajstić information content (AvgIpc) is 3.51. The predicted molar refractivity (Wildman–Crippen MR) is 124 cm³/mol. The minimum absolute atomic E-state index is 0.0297. The van der Waals surface area contributed by atoms with E-state index in [1.807, 2.05) is 0 Å². The molecule has 0 bridgehead atoms. The van der Waals surface area contributed by atoms with Gasteiger partial charge in [-0.1, -0.05) is 11.2 Å². The Bertz CT molecular complexity index is 1270. The van der Waals surface area contributed by atoms with Crippen LogP contribution in [0.2, 0.25) is 0 Å². The lowest BCUT2D eigenvalue weighted by molar-refractivity contribution is -0.138. The van der Waals surface area contributed by atoms with Gasteiger partial charge in [-0.3, -0.25) is 14.5 Å². The van der Waals surface area contributed by atoms with Gasteiger partial charge in [0.25, 0.3) is 5.91 Å². The van der Waals surface area contributed by atoms with E-state index in [4.69, 9.17) is 10.3 Å². The molecule has 0 unspecified atom stereocenters. The summed E-state index contributed by atoms with van der Waals surface area (Å²) in [6.07, 6.45) is -0.891. The third-order valence-corrected chi connectivity index (χ3v) is 6.02. The number of alkyl halides is 3. The predicted octanol–water partition coefficient (Wildman–Crippen LogP) is 4.04. The Morgan fingerprint density at radius 2 is 1.92 bits per heavy atom. The molecule has 4 rings (SSSR count). The van der Waals surface area contributed by atoms with Crippen LogP contribution in [0, 0.1) is 6.92 Å². The zero-order chi connectivity index (χ0) is 25.9. The normalized spacial score (nSPS) is 14.2. The molecule has 1 aliphatic heterocycles. The van der Waals surface area contributed by atoms with E-state index in [0.29, 0.717) is 17.8 Å². The van der Waals surface area contributed by atoms with Crippen LogP contribution in [-0.2, 0) is 19.1 Å². The van der Waals surface area contributed by atoms with Gasteiger partial charge in [0.2, 0.25) is 5.76 Å². The van der Waals surface area contributed by atoms with Crippen LogP contribution < -0.4 is 11.1 Å². The minimum atomic E-state index is -4.54. The molecular weight excluding hydrogens is 477 g/mol. The van der Waals surface area contributed by atoms with Crippen LogP contribution in [-0.4, -0.2) is 44.8 Å². The van der Waals surface area contributed by atoms with E-state index in [0.717, 1.165) is 32.0 Å². The van der Waals surface area contributed by atoms with Gasteiger partial charge in [0.1, 0.15) is 17.8 Å². The highest BCUT2D eigenvalue weighted by atomic mass is 19.4. The average molecular weight is 502 g/mol. The van der Waals surface area contributed by atoms with Crippen molar-refractivity contribution in [1.29, 1.82) is 0 Å².